The van der Waals surface area contributed by atoms with Gasteiger partial charge in [0.15, 0.2) is 0 Å². The van der Waals surface area contributed by atoms with Gasteiger partial charge in [0.1, 0.15) is 12.4 Å². The van der Waals surface area contributed by atoms with Crippen LogP contribution in [-0.4, -0.2) is 47.9 Å². The number of carbonyl (C=O) groups excluding carboxylic acids is 3. The van der Waals surface area contributed by atoms with Crippen molar-refractivity contribution in [2.45, 2.75) is 19.8 Å². The lowest BCUT2D eigenvalue weighted by Gasteiger charge is -2.26. The van der Waals surface area contributed by atoms with Crippen molar-refractivity contribution in [3.8, 4) is 5.75 Å². The van der Waals surface area contributed by atoms with Crippen LogP contribution in [0.5, 0.6) is 5.75 Å². The number of rotatable bonds is 6. The van der Waals surface area contributed by atoms with Gasteiger partial charge in [-0.25, -0.2) is 9.78 Å². The van der Waals surface area contributed by atoms with Crippen molar-refractivity contribution in [1.29, 1.82) is 0 Å². The molecule has 0 radical (unpaired) electrons. The van der Waals surface area contributed by atoms with Gasteiger partial charge in [0.05, 0.1) is 41.6 Å². The number of hydrogen-bond donors (Lipinski definition) is 0. The Balaban J connectivity index is 1.31. The van der Waals surface area contributed by atoms with Crippen LogP contribution >= 0.6 is 0 Å². The minimum absolute atomic E-state index is 0.0116. The van der Waals surface area contributed by atoms with Gasteiger partial charge >= 0.3 is 5.97 Å². The number of allylic oxidation sites excluding steroid dienone is 1. The number of pyridine rings is 1. The molecule has 7 heteroatoms. The molecule has 2 heterocycles. The van der Waals surface area contributed by atoms with E-state index in [1.165, 1.54) is 0 Å². The van der Waals surface area contributed by atoms with Crippen molar-refractivity contribution in [3.05, 3.63) is 106 Å². The van der Waals surface area contributed by atoms with Crippen LogP contribution in [0.15, 0.2) is 72.8 Å². The molecule has 1 aliphatic carbocycles. The van der Waals surface area contributed by atoms with Crippen molar-refractivity contribution in [1.82, 2.24) is 9.88 Å². The van der Waals surface area contributed by atoms with Gasteiger partial charge in [-0.3, -0.25) is 14.5 Å². The molecule has 1 atom stereocenters. The molecule has 7 nitrogen and oxygen atoms in total. The average molecular weight is 533 g/mol. The minimum atomic E-state index is -0.482. The number of amides is 2. The van der Waals surface area contributed by atoms with Crippen molar-refractivity contribution in [3.63, 3.8) is 0 Å². The second-order valence-corrected chi connectivity index (χ2v) is 10.2. The lowest BCUT2D eigenvalue weighted by molar-refractivity contribution is 0.0421. The first-order valence-corrected chi connectivity index (χ1v) is 13.3. The van der Waals surface area contributed by atoms with E-state index in [4.69, 9.17) is 14.5 Å². The van der Waals surface area contributed by atoms with Gasteiger partial charge in [0.25, 0.3) is 11.8 Å². The number of carbonyl (C=O) groups is 3. The molecule has 1 aliphatic heterocycles. The van der Waals surface area contributed by atoms with Crippen LogP contribution in [0.1, 0.15) is 61.2 Å². The molecule has 3 aromatic carbocycles. The first-order valence-electron chi connectivity index (χ1n) is 13.3. The quantitative estimate of drug-likeness (QED) is 0.230. The summed E-state index contributed by atoms with van der Waals surface area (Å²) in [5, 5.41) is 0.727. The summed E-state index contributed by atoms with van der Waals surface area (Å²) in [7, 11) is 1.64. The van der Waals surface area contributed by atoms with Crippen LogP contribution in [0.4, 0.5) is 0 Å². The van der Waals surface area contributed by atoms with E-state index < -0.39 is 5.97 Å². The first kappa shape index (κ1) is 25.5. The molecule has 0 fully saturated rings. The zero-order valence-corrected chi connectivity index (χ0v) is 22.3. The molecule has 40 heavy (non-hydrogen) atoms. The van der Waals surface area contributed by atoms with Crippen molar-refractivity contribution < 1.29 is 23.9 Å². The lowest BCUT2D eigenvalue weighted by Crippen LogP contribution is -2.33. The molecule has 6 rings (SSSR count). The fourth-order valence-corrected chi connectivity index (χ4v) is 5.61. The highest BCUT2D eigenvalue weighted by Gasteiger charge is 2.35. The third kappa shape index (κ3) is 4.53. The molecule has 0 N–H and O–H groups in total. The van der Waals surface area contributed by atoms with E-state index in [0.29, 0.717) is 34.5 Å². The third-order valence-electron chi connectivity index (χ3n) is 7.51. The molecule has 0 saturated carbocycles. The highest BCUT2D eigenvalue weighted by molar-refractivity contribution is 6.21. The predicted molar refractivity (Wildman–Crippen MR) is 152 cm³/mol. The van der Waals surface area contributed by atoms with Crippen molar-refractivity contribution >= 4 is 40.3 Å². The normalized spacial score (nSPS) is 17.2. The van der Waals surface area contributed by atoms with Crippen LogP contribution < -0.4 is 4.74 Å². The maximum Gasteiger partial charge on any atom is 0.339 e. The summed E-state index contributed by atoms with van der Waals surface area (Å²) in [5.74, 6) is -0.139. The van der Waals surface area contributed by atoms with Gasteiger partial charge < -0.3 is 9.47 Å². The van der Waals surface area contributed by atoms with Gasteiger partial charge in [0, 0.05) is 5.39 Å². The van der Waals surface area contributed by atoms with Crippen LogP contribution in [0.25, 0.3) is 22.6 Å². The Bertz CT molecular complexity index is 1650. The highest BCUT2D eigenvalue weighted by Crippen LogP contribution is 2.39. The van der Waals surface area contributed by atoms with E-state index in [0.717, 1.165) is 44.9 Å². The molecule has 0 saturated heterocycles. The molecular weight excluding hydrogens is 504 g/mol. The Morgan fingerprint density at radius 3 is 2.33 bits per heavy atom. The van der Waals surface area contributed by atoms with E-state index in [2.05, 4.69) is 13.0 Å². The van der Waals surface area contributed by atoms with E-state index in [-0.39, 0.29) is 25.0 Å². The van der Waals surface area contributed by atoms with Crippen molar-refractivity contribution in [2.75, 3.05) is 20.3 Å². The summed E-state index contributed by atoms with van der Waals surface area (Å²) >= 11 is 0. The smallest absolute Gasteiger partial charge is 0.339 e. The van der Waals surface area contributed by atoms with Gasteiger partial charge in [-0.1, -0.05) is 49.4 Å². The van der Waals surface area contributed by atoms with Crippen LogP contribution in [0.2, 0.25) is 0 Å². The number of esters is 1. The maximum atomic E-state index is 13.7. The molecule has 2 amide bonds. The van der Waals surface area contributed by atoms with Gasteiger partial charge in [-0.2, -0.15) is 0 Å². The van der Waals surface area contributed by atoms with E-state index >= 15 is 0 Å². The maximum absolute atomic E-state index is 13.7. The summed E-state index contributed by atoms with van der Waals surface area (Å²) < 4.78 is 11.0. The Morgan fingerprint density at radius 2 is 1.62 bits per heavy atom. The van der Waals surface area contributed by atoms with E-state index in [1.807, 2.05) is 48.5 Å². The molecule has 1 aromatic heterocycles. The monoisotopic (exact) mass is 532 g/mol. The number of imide groups is 1. The van der Waals surface area contributed by atoms with E-state index in [1.54, 1.807) is 31.4 Å². The van der Waals surface area contributed by atoms with Gasteiger partial charge in [0.2, 0.25) is 0 Å². The minimum Gasteiger partial charge on any atom is -0.497 e. The first-order chi connectivity index (χ1) is 19.4. The molecule has 4 aromatic rings. The number of hydrogen-bond acceptors (Lipinski definition) is 6. The molecular formula is C33H28N2O5. The van der Waals surface area contributed by atoms with Gasteiger partial charge in [-0.15, -0.1) is 0 Å². The van der Waals surface area contributed by atoms with E-state index in [9.17, 15) is 14.4 Å². The largest absolute Gasteiger partial charge is 0.497 e. The number of methoxy groups -OCH3 is 1. The predicted octanol–water partition coefficient (Wildman–Crippen LogP) is 5.82. The SMILES string of the molecule is COc1ccc(/C=C2/C[C@@H](C)Cc3c2nc2ccccc2c3C(=O)OCCN2C(=O)c3ccccc3C2=O)cc1. The average Bonchev–Trinajstić information content (AvgIpc) is 3.21. The highest BCUT2D eigenvalue weighted by atomic mass is 16.5. The number of benzene rings is 3. The second kappa shape index (κ2) is 10.4. The van der Waals surface area contributed by atoms with Crippen LogP contribution in [-0.2, 0) is 11.2 Å². The summed E-state index contributed by atoms with van der Waals surface area (Å²) in [6.45, 7) is 2.06. The van der Waals surface area contributed by atoms with Crippen molar-refractivity contribution in [2.24, 2.45) is 5.92 Å². The number of nitrogens with zero attached hydrogens (tertiary/aromatic N) is 2. The standard InChI is InChI=1S/C33H28N2O5/c1-20-17-22(19-21-11-13-23(39-2)14-12-21)30-27(18-20)29(26-9-5-6-10-28(26)34-30)33(38)40-16-15-35-31(36)24-7-3-4-8-25(24)32(35)37/h3-14,19-20H,15-18H2,1-2H3/b22-19-/t20-/m1/s1. The number of aromatic nitrogens is 1. The molecule has 2 aliphatic rings. The number of ether oxygens (including phenoxy) is 2. The molecule has 0 bridgehead atoms. The van der Waals surface area contributed by atoms with Gasteiger partial charge in [-0.05, 0) is 71.9 Å². The molecule has 0 spiro atoms. The fourth-order valence-electron chi connectivity index (χ4n) is 5.61. The topological polar surface area (TPSA) is 85.8 Å². The summed E-state index contributed by atoms with van der Waals surface area (Å²) in [4.78, 5) is 45.2. The zero-order chi connectivity index (χ0) is 27.8. The Kier molecular flexibility index (Phi) is 6.64. The molecule has 200 valence electrons. The summed E-state index contributed by atoms with van der Waals surface area (Å²) in [6, 6.07) is 22.1. The zero-order valence-electron chi connectivity index (χ0n) is 22.3. The second-order valence-electron chi connectivity index (χ2n) is 10.2. The Labute approximate surface area is 232 Å². The fraction of sp³-hybridized carbons (Fsp3) is 0.212. The summed E-state index contributed by atoms with van der Waals surface area (Å²) in [6.07, 6.45) is 3.64. The van der Waals surface area contributed by atoms with Crippen LogP contribution in [0.3, 0.4) is 0 Å². The van der Waals surface area contributed by atoms with Crippen LogP contribution in [0, 0.1) is 5.92 Å². The molecule has 0 unspecified atom stereocenters. The Hall–Kier alpha value is -4.78. The lowest BCUT2D eigenvalue weighted by atomic mass is 9.80. The number of para-hydroxylation sites is 1. The third-order valence-corrected chi connectivity index (χ3v) is 7.51. The Morgan fingerprint density at radius 1 is 0.950 bits per heavy atom. The summed E-state index contributed by atoms with van der Waals surface area (Å²) in [5.41, 5.74) is 5.71. The number of fused-ring (bicyclic) bond motifs is 3.